The monoisotopic (exact) mass is 624 g/mol. The van der Waals surface area contributed by atoms with Crippen molar-refractivity contribution in [3.8, 4) is 6.07 Å². The molecule has 0 bridgehead atoms. The molecule has 0 radical (unpaired) electrons. The molecule has 2 aromatic heterocycles. The number of aliphatic hydroxyl groups is 2. The summed E-state index contributed by atoms with van der Waals surface area (Å²) in [6.45, 7) is 4.62. The van der Waals surface area contributed by atoms with Gasteiger partial charge in [-0.3, -0.25) is 18.6 Å². The van der Waals surface area contributed by atoms with E-state index in [1.807, 2.05) is 6.07 Å². The number of nitriles is 1. The standard InChI is InChI=1S/C26H37N6O10P/c1-15(2)41-24(36)25(3,4)31-43(37,40-14-38-23(35)16-7-5-6-8-16)39-11-18-20(33)21(34)26(12-27,42-18)19-10-9-17-22(28)29-13-30-32(17)19/h9-10,13,15-16,18,20-21,33-34H,5-8,11,14H2,1-4H3,(H,31,37)(H2,28,29,30)/t18-,20-,21-,26+,43-/m1/s1. The molecule has 1 saturated heterocycles. The van der Waals surface area contributed by atoms with Gasteiger partial charge in [-0.2, -0.15) is 10.4 Å². The van der Waals surface area contributed by atoms with Crippen LogP contribution < -0.4 is 10.8 Å². The van der Waals surface area contributed by atoms with Gasteiger partial charge in [-0.1, -0.05) is 12.8 Å². The number of aromatic nitrogens is 3. The van der Waals surface area contributed by atoms with Crippen molar-refractivity contribution in [1.29, 1.82) is 5.26 Å². The summed E-state index contributed by atoms with van der Waals surface area (Å²) in [5, 5.41) is 38.6. The molecule has 0 amide bonds. The van der Waals surface area contributed by atoms with Crippen molar-refractivity contribution in [2.75, 3.05) is 19.1 Å². The summed E-state index contributed by atoms with van der Waals surface area (Å²) >= 11 is 0. The Labute approximate surface area is 248 Å². The predicted molar refractivity (Wildman–Crippen MR) is 148 cm³/mol. The van der Waals surface area contributed by atoms with Crippen LogP contribution in [0.1, 0.15) is 59.1 Å². The quantitative estimate of drug-likeness (QED) is 0.148. The maximum Gasteiger partial charge on any atom is 0.409 e. The zero-order chi connectivity index (χ0) is 31.6. The number of nitrogen functional groups attached to an aromatic ring is 1. The van der Waals surface area contributed by atoms with Crippen LogP contribution in [0.3, 0.4) is 0 Å². The molecule has 17 heteroatoms. The van der Waals surface area contributed by atoms with Crippen LogP contribution in [0.2, 0.25) is 0 Å². The van der Waals surface area contributed by atoms with Crippen molar-refractivity contribution in [3.63, 3.8) is 0 Å². The molecule has 3 heterocycles. The normalized spacial score (nSPS) is 26.0. The van der Waals surface area contributed by atoms with E-state index >= 15 is 0 Å². The first-order valence-corrected chi connectivity index (χ1v) is 15.4. The van der Waals surface area contributed by atoms with E-state index in [-0.39, 0.29) is 17.4 Å². The van der Waals surface area contributed by atoms with Gasteiger partial charge in [0.2, 0.25) is 12.4 Å². The number of nitrogens with zero attached hydrogens (tertiary/aromatic N) is 4. The van der Waals surface area contributed by atoms with E-state index in [4.69, 9.17) is 29.0 Å². The molecule has 4 rings (SSSR count). The Bertz CT molecular complexity index is 1420. The summed E-state index contributed by atoms with van der Waals surface area (Å²) in [6.07, 6.45) is -1.08. The number of aliphatic hydroxyl groups excluding tert-OH is 2. The number of hydrogen-bond acceptors (Lipinski definition) is 14. The maximum absolute atomic E-state index is 13.9. The lowest BCUT2D eigenvalue weighted by Crippen LogP contribution is -2.47. The van der Waals surface area contributed by atoms with Crippen molar-refractivity contribution in [3.05, 3.63) is 24.2 Å². The summed E-state index contributed by atoms with van der Waals surface area (Å²) < 4.78 is 42.3. The largest absolute Gasteiger partial charge is 0.462 e. The molecule has 1 saturated carbocycles. The smallest absolute Gasteiger partial charge is 0.409 e. The topological polar surface area (TPSA) is 230 Å². The maximum atomic E-state index is 13.9. The minimum absolute atomic E-state index is 0.0575. The lowest BCUT2D eigenvalue weighted by Gasteiger charge is -2.30. The Morgan fingerprint density at radius 1 is 1.30 bits per heavy atom. The van der Waals surface area contributed by atoms with E-state index in [9.17, 15) is 29.6 Å². The molecule has 2 fully saturated rings. The molecular formula is C26H37N6O10P. The van der Waals surface area contributed by atoms with E-state index < -0.39 is 68.6 Å². The van der Waals surface area contributed by atoms with Crippen LogP contribution in [0.25, 0.3) is 5.52 Å². The van der Waals surface area contributed by atoms with Crippen LogP contribution in [0.5, 0.6) is 0 Å². The van der Waals surface area contributed by atoms with Gasteiger partial charge in [0.15, 0.2) is 5.82 Å². The van der Waals surface area contributed by atoms with Crippen molar-refractivity contribution in [2.45, 2.75) is 88.9 Å². The molecule has 5 atom stereocenters. The zero-order valence-electron chi connectivity index (χ0n) is 24.3. The van der Waals surface area contributed by atoms with Gasteiger partial charge in [0.05, 0.1) is 24.3 Å². The van der Waals surface area contributed by atoms with Crippen molar-refractivity contribution in [1.82, 2.24) is 19.7 Å². The highest BCUT2D eigenvalue weighted by molar-refractivity contribution is 7.51. The van der Waals surface area contributed by atoms with Gasteiger partial charge in [0.1, 0.15) is 41.8 Å². The fourth-order valence-electron chi connectivity index (χ4n) is 5.01. The van der Waals surface area contributed by atoms with Gasteiger partial charge < -0.3 is 30.2 Å². The Morgan fingerprint density at radius 2 is 2.00 bits per heavy atom. The minimum atomic E-state index is -4.51. The molecule has 236 valence electrons. The molecule has 2 aliphatic rings. The van der Waals surface area contributed by atoms with E-state index in [0.717, 1.165) is 19.2 Å². The number of ether oxygens (including phenoxy) is 3. The Morgan fingerprint density at radius 3 is 2.65 bits per heavy atom. The molecule has 5 N–H and O–H groups in total. The molecule has 0 aromatic carbocycles. The van der Waals surface area contributed by atoms with Crippen molar-refractivity contribution < 1.29 is 47.6 Å². The number of carbonyl (C=O) groups is 2. The number of carbonyl (C=O) groups excluding carboxylic acids is 2. The van der Waals surface area contributed by atoms with Gasteiger partial charge in [0.25, 0.3) is 0 Å². The number of hydrogen-bond donors (Lipinski definition) is 4. The highest BCUT2D eigenvalue weighted by Crippen LogP contribution is 2.48. The number of rotatable bonds is 12. The third-order valence-corrected chi connectivity index (χ3v) is 9.04. The Balaban J connectivity index is 1.53. The Kier molecular flexibility index (Phi) is 9.77. The molecule has 0 unspecified atom stereocenters. The molecule has 43 heavy (non-hydrogen) atoms. The summed E-state index contributed by atoms with van der Waals surface area (Å²) in [5.41, 5.74) is 2.54. The van der Waals surface area contributed by atoms with Gasteiger partial charge in [0, 0.05) is 0 Å². The second-order valence-corrected chi connectivity index (χ2v) is 13.0. The van der Waals surface area contributed by atoms with E-state index in [1.165, 1.54) is 30.5 Å². The molecule has 1 aliphatic carbocycles. The van der Waals surface area contributed by atoms with Gasteiger partial charge in [-0.25, -0.2) is 19.2 Å². The third kappa shape index (κ3) is 6.83. The van der Waals surface area contributed by atoms with E-state index in [0.29, 0.717) is 18.4 Å². The van der Waals surface area contributed by atoms with Crippen LogP contribution in [0, 0.1) is 17.2 Å². The lowest BCUT2D eigenvalue weighted by atomic mass is 9.92. The third-order valence-electron chi connectivity index (χ3n) is 7.28. The number of anilines is 1. The van der Waals surface area contributed by atoms with Crippen LogP contribution in [-0.4, -0.2) is 80.1 Å². The van der Waals surface area contributed by atoms with Crippen LogP contribution in [-0.2, 0) is 43.0 Å². The van der Waals surface area contributed by atoms with Gasteiger partial charge >= 0.3 is 19.7 Å². The molecule has 2 aromatic rings. The number of fused-ring (bicyclic) bond motifs is 1. The summed E-state index contributed by atoms with van der Waals surface area (Å²) in [5.74, 6) is -1.46. The predicted octanol–water partition coefficient (Wildman–Crippen LogP) is 1.30. The number of esters is 2. The Hall–Kier alpha value is -3.16. The first kappa shape index (κ1) is 32.7. The van der Waals surface area contributed by atoms with E-state index in [1.54, 1.807) is 13.8 Å². The zero-order valence-corrected chi connectivity index (χ0v) is 25.2. The fraction of sp³-hybridized carbons (Fsp3) is 0.654. The van der Waals surface area contributed by atoms with E-state index in [2.05, 4.69) is 15.2 Å². The molecule has 16 nitrogen and oxygen atoms in total. The second kappa shape index (κ2) is 12.8. The summed E-state index contributed by atoms with van der Waals surface area (Å²) in [6, 6.07) is 4.86. The summed E-state index contributed by atoms with van der Waals surface area (Å²) in [4.78, 5) is 28.9. The molecule has 0 spiro atoms. The van der Waals surface area contributed by atoms with Crippen LogP contribution in [0.15, 0.2) is 18.5 Å². The SMILES string of the molecule is CC(C)OC(=O)C(C)(C)N[P@](=O)(OCOC(=O)C1CCCC1)OC[C@H]1O[C@@](C#N)(c2ccc3c(N)ncnn23)[C@H](O)[C@@H]1O. The van der Waals surface area contributed by atoms with Gasteiger partial charge in [-0.15, -0.1) is 0 Å². The first-order chi connectivity index (χ1) is 20.2. The average Bonchev–Trinajstić information content (AvgIpc) is 3.68. The minimum Gasteiger partial charge on any atom is -0.462 e. The fourth-order valence-corrected chi connectivity index (χ4v) is 6.52. The van der Waals surface area contributed by atoms with Crippen LogP contribution >= 0.6 is 7.75 Å². The molecular weight excluding hydrogens is 587 g/mol. The highest BCUT2D eigenvalue weighted by Gasteiger charge is 2.58. The average molecular weight is 625 g/mol. The highest BCUT2D eigenvalue weighted by atomic mass is 31.2. The lowest BCUT2D eigenvalue weighted by molar-refractivity contribution is -0.157. The molecule has 1 aliphatic heterocycles. The number of nitrogens with one attached hydrogen (secondary N) is 1. The van der Waals surface area contributed by atoms with Crippen molar-refractivity contribution >= 4 is 31.0 Å². The van der Waals surface area contributed by atoms with Crippen LogP contribution in [0.4, 0.5) is 5.82 Å². The first-order valence-electron chi connectivity index (χ1n) is 13.8. The second-order valence-electron chi connectivity index (χ2n) is 11.3. The summed E-state index contributed by atoms with van der Waals surface area (Å²) in [7, 11) is -4.51. The van der Waals surface area contributed by atoms with Crippen molar-refractivity contribution in [2.24, 2.45) is 5.92 Å². The van der Waals surface area contributed by atoms with Gasteiger partial charge in [-0.05, 0) is 52.7 Å². The number of nitrogens with two attached hydrogens (primary N) is 1.